The van der Waals surface area contributed by atoms with E-state index in [1.54, 1.807) is 11.3 Å². The number of hydrogen-bond acceptors (Lipinski definition) is 3. The average Bonchev–Trinajstić information content (AvgIpc) is 3.00. The summed E-state index contributed by atoms with van der Waals surface area (Å²) in [7, 11) is 0. The van der Waals surface area contributed by atoms with E-state index in [0.29, 0.717) is 0 Å². The van der Waals surface area contributed by atoms with Crippen LogP contribution in [-0.4, -0.2) is 5.11 Å². The second kappa shape index (κ2) is 5.78. The van der Waals surface area contributed by atoms with Crippen molar-refractivity contribution in [3.8, 4) is 0 Å². The van der Waals surface area contributed by atoms with E-state index in [0.717, 1.165) is 16.2 Å². The normalized spacial score (nSPS) is 16.9. The monoisotopic (exact) mass is 292 g/mol. The molecule has 2 heterocycles. The number of rotatable bonds is 3. The third-order valence-corrected chi connectivity index (χ3v) is 6.41. The molecule has 1 nitrogen and oxygen atoms in total. The molecule has 1 aliphatic rings. The molecule has 1 atom stereocenters. The lowest BCUT2D eigenvalue weighted by Gasteiger charge is -2.05. The van der Waals surface area contributed by atoms with Crippen LogP contribution >= 0.6 is 22.7 Å². The van der Waals surface area contributed by atoms with Crippen LogP contribution < -0.4 is 0 Å². The van der Waals surface area contributed by atoms with Crippen LogP contribution in [0.25, 0.3) is 0 Å². The van der Waals surface area contributed by atoms with Crippen LogP contribution in [0.1, 0.15) is 57.4 Å². The highest BCUT2D eigenvalue weighted by atomic mass is 32.1. The number of aliphatic hydroxyl groups is 1. The Morgan fingerprint density at radius 1 is 1.11 bits per heavy atom. The second-order valence-electron chi connectivity index (χ2n) is 5.22. The highest BCUT2D eigenvalue weighted by Gasteiger charge is 2.19. The zero-order valence-electron chi connectivity index (χ0n) is 11.3. The van der Waals surface area contributed by atoms with E-state index in [-0.39, 0.29) is 0 Å². The lowest BCUT2D eigenvalue weighted by molar-refractivity contribution is 0.228. The zero-order valence-corrected chi connectivity index (χ0v) is 12.9. The predicted molar refractivity (Wildman–Crippen MR) is 83.3 cm³/mol. The van der Waals surface area contributed by atoms with Crippen molar-refractivity contribution < 1.29 is 5.11 Å². The van der Waals surface area contributed by atoms with Gasteiger partial charge in [-0.15, -0.1) is 22.7 Å². The fourth-order valence-corrected chi connectivity index (χ4v) is 4.99. The van der Waals surface area contributed by atoms with Crippen LogP contribution in [0.5, 0.6) is 0 Å². The van der Waals surface area contributed by atoms with Gasteiger partial charge in [0, 0.05) is 19.5 Å². The maximum atomic E-state index is 10.5. The van der Waals surface area contributed by atoms with E-state index in [4.69, 9.17) is 0 Å². The number of aliphatic hydroxyl groups excluding tert-OH is 1. The molecule has 0 aromatic carbocycles. The number of fused-ring (bicyclic) bond motifs is 1. The van der Waals surface area contributed by atoms with Crippen molar-refractivity contribution in [3.05, 3.63) is 43.3 Å². The summed E-state index contributed by atoms with van der Waals surface area (Å²) >= 11 is 3.57. The molecule has 1 aliphatic carbocycles. The SMILES string of the molecule is CCc1ccc(C(O)c2cc3c(s2)CCCCC3)s1. The summed E-state index contributed by atoms with van der Waals surface area (Å²) in [5.74, 6) is 0. The van der Waals surface area contributed by atoms with E-state index in [1.165, 1.54) is 47.4 Å². The molecular weight excluding hydrogens is 272 g/mol. The molecular formula is C16H20OS2. The lowest BCUT2D eigenvalue weighted by atomic mass is 10.1. The Kier molecular flexibility index (Phi) is 4.06. The molecule has 0 radical (unpaired) electrons. The van der Waals surface area contributed by atoms with E-state index in [1.807, 2.05) is 11.3 Å². The quantitative estimate of drug-likeness (QED) is 0.811. The van der Waals surface area contributed by atoms with Crippen molar-refractivity contribution in [2.24, 2.45) is 0 Å². The van der Waals surface area contributed by atoms with Crippen LogP contribution in [0.3, 0.4) is 0 Å². The molecule has 2 aromatic heterocycles. The summed E-state index contributed by atoms with van der Waals surface area (Å²) in [6.07, 6.45) is 7.01. The largest absolute Gasteiger partial charge is 0.382 e. The Morgan fingerprint density at radius 2 is 1.95 bits per heavy atom. The molecule has 1 unspecified atom stereocenters. The van der Waals surface area contributed by atoms with Gasteiger partial charge in [-0.1, -0.05) is 13.3 Å². The fraction of sp³-hybridized carbons (Fsp3) is 0.500. The number of aryl methyl sites for hydroxylation is 3. The topological polar surface area (TPSA) is 20.2 Å². The van der Waals surface area contributed by atoms with Crippen molar-refractivity contribution in [2.75, 3.05) is 0 Å². The second-order valence-corrected chi connectivity index (χ2v) is 7.59. The molecule has 0 bridgehead atoms. The maximum absolute atomic E-state index is 10.5. The van der Waals surface area contributed by atoms with Gasteiger partial charge in [-0.25, -0.2) is 0 Å². The van der Waals surface area contributed by atoms with Crippen LogP contribution in [-0.2, 0) is 19.3 Å². The molecule has 0 saturated carbocycles. The van der Waals surface area contributed by atoms with Crippen LogP contribution in [0.15, 0.2) is 18.2 Å². The zero-order chi connectivity index (χ0) is 13.2. The first-order valence-electron chi connectivity index (χ1n) is 7.16. The lowest BCUT2D eigenvalue weighted by Crippen LogP contribution is -1.93. The average molecular weight is 292 g/mol. The summed E-state index contributed by atoms with van der Waals surface area (Å²) in [6.45, 7) is 2.16. The smallest absolute Gasteiger partial charge is 0.122 e. The van der Waals surface area contributed by atoms with Crippen LogP contribution in [0, 0.1) is 0 Å². The van der Waals surface area contributed by atoms with E-state index >= 15 is 0 Å². The fourth-order valence-electron chi connectivity index (χ4n) is 2.70. The first-order valence-corrected chi connectivity index (χ1v) is 8.79. The van der Waals surface area contributed by atoms with Crippen LogP contribution in [0.4, 0.5) is 0 Å². The van der Waals surface area contributed by atoms with E-state index in [9.17, 15) is 5.11 Å². The Hall–Kier alpha value is -0.640. The molecule has 0 fully saturated rings. The van der Waals surface area contributed by atoms with Gasteiger partial charge in [-0.2, -0.15) is 0 Å². The van der Waals surface area contributed by atoms with Gasteiger partial charge < -0.3 is 5.11 Å². The highest BCUT2D eigenvalue weighted by molar-refractivity contribution is 7.13. The molecule has 0 amide bonds. The predicted octanol–water partition coefficient (Wildman–Crippen LogP) is 4.72. The molecule has 3 heteroatoms. The Balaban J connectivity index is 1.85. The van der Waals surface area contributed by atoms with E-state index < -0.39 is 6.10 Å². The summed E-state index contributed by atoms with van der Waals surface area (Å²) in [5.41, 5.74) is 1.49. The number of hydrogen-bond donors (Lipinski definition) is 1. The van der Waals surface area contributed by atoms with Gasteiger partial charge in [-0.05, 0) is 55.9 Å². The molecule has 2 aromatic rings. The minimum Gasteiger partial charge on any atom is -0.382 e. The van der Waals surface area contributed by atoms with Crippen molar-refractivity contribution in [1.82, 2.24) is 0 Å². The van der Waals surface area contributed by atoms with Crippen molar-refractivity contribution in [3.63, 3.8) is 0 Å². The molecule has 19 heavy (non-hydrogen) atoms. The molecule has 102 valence electrons. The van der Waals surface area contributed by atoms with Gasteiger partial charge in [0.15, 0.2) is 0 Å². The van der Waals surface area contributed by atoms with Gasteiger partial charge in [0.05, 0.1) is 0 Å². The van der Waals surface area contributed by atoms with Gasteiger partial charge in [0.25, 0.3) is 0 Å². The summed E-state index contributed by atoms with van der Waals surface area (Å²) in [4.78, 5) is 5.09. The Bertz CT molecular complexity index is 529. The first-order chi connectivity index (χ1) is 9.28. The molecule has 3 rings (SSSR count). The van der Waals surface area contributed by atoms with Gasteiger partial charge in [-0.3, -0.25) is 0 Å². The Labute approximate surface area is 122 Å². The van der Waals surface area contributed by atoms with Crippen LogP contribution in [0.2, 0.25) is 0 Å². The molecule has 0 saturated heterocycles. The molecule has 0 spiro atoms. The first kappa shape index (κ1) is 13.3. The minimum absolute atomic E-state index is 0.415. The Morgan fingerprint density at radius 3 is 2.74 bits per heavy atom. The van der Waals surface area contributed by atoms with Gasteiger partial charge in [0.2, 0.25) is 0 Å². The van der Waals surface area contributed by atoms with Crippen molar-refractivity contribution in [2.45, 2.75) is 51.6 Å². The highest BCUT2D eigenvalue weighted by Crippen LogP contribution is 2.36. The number of thiophene rings is 2. The van der Waals surface area contributed by atoms with Crippen molar-refractivity contribution >= 4 is 22.7 Å². The van der Waals surface area contributed by atoms with Gasteiger partial charge >= 0.3 is 0 Å². The molecule has 1 N–H and O–H groups in total. The van der Waals surface area contributed by atoms with Gasteiger partial charge in [0.1, 0.15) is 6.10 Å². The standard InChI is InChI=1S/C16H20OS2/c1-2-12-8-9-14(18-12)16(17)15-10-11-6-4-3-5-7-13(11)19-15/h8-10,16-17H,2-7H2,1H3. The summed E-state index contributed by atoms with van der Waals surface area (Å²) in [5, 5.41) is 10.5. The third kappa shape index (κ3) is 2.78. The maximum Gasteiger partial charge on any atom is 0.122 e. The third-order valence-electron chi connectivity index (χ3n) is 3.84. The summed E-state index contributed by atoms with van der Waals surface area (Å²) in [6, 6.07) is 6.47. The minimum atomic E-state index is -0.415. The molecule has 0 aliphatic heterocycles. The van der Waals surface area contributed by atoms with E-state index in [2.05, 4.69) is 25.1 Å². The summed E-state index contributed by atoms with van der Waals surface area (Å²) < 4.78 is 0. The van der Waals surface area contributed by atoms with Crippen molar-refractivity contribution in [1.29, 1.82) is 0 Å².